The molecule has 0 unspecified atom stereocenters. The molecule has 0 amide bonds. The van der Waals surface area contributed by atoms with Gasteiger partial charge in [0.25, 0.3) is 0 Å². The van der Waals surface area contributed by atoms with Crippen LogP contribution in [-0.2, 0) is 6.18 Å². The van der Waals surface area contributed by atoms with Crippen molar-refractivity contribution in [3.8, 4) is 0 Å². The standard InChI is InChI=1S/C10H7BrF4O/c1-2-7(16)5-3-4-6(11)8(9(5)12)10(13,14)15/h3-4H,2H2,1H3. The fourth-order valence-electron chi connectivity index (χ4n) is 1.22. The molecule has 1 nitrogen and oxygen atoms in total. The molecule has 0 N–H and O–H groups in total. The molecule has 16 heavy (non-hydrogen) atoms. The van der Waals surface area contributed by atoms with Crippen molar-refractivity contribution in [1.82, 2.24) is 0 Å². The lowest BCUT2D eigenvalue weighted by molar-refractivity contribution is -0.140. The number of benzene rings is 1. The minimum absolute atomic E-state index is 0.0458. The van der Waals surface area contributed by atoms with Gasteiger partial charge in [-0.3, -0.25) is 4.79 Å². The summed E-state index contributed by atoms with van der Waals surface area (Å²) in [5.74, 6) is -2.18. The minimum atomic E-state index is -4.83. The SMILES string of the molecule is CCC(=O)c1ccc(Br)c(C(F)(F)F)c1F. The molecule has 0 fully saturated rings. The normalized spacial score (nSPS) is 11.6. The van der Waals surface area contributed by atoms with Crippen molar-refractivity contribution in [1.29, 1.82) is 0 Å². The second-order valence-corrected chi connectivity index (χ2v) is 3.91. The monoisotopic (exact) mass is 298 g/mol. The number of halogens is 5. The number of alkyl halides is 3. The van der Waals surface area contributed by atoms with Crippen LogP contribution in [0, 0.1) is 5.82 Å². The minimum Gasteiger partial charge on any atom is -0.294 e. The highest BCUT2D eigenvalue weighted by Crippen LogP contribution is 2.37. The second kappa shape index (κ2) is 4.53. The highest BCUT2D eigenvalue weighted by Gasteiger charge is 2.38. The zero-order valence-electron chi connectivity index (χ0n) is 8.16. The average molecular weight is 299 g/mol. The van der Waals surface area contributed by atoms with E-state index >= 15 is 0 Å². The Morgan fingerprint density at radius 1 is 1.38 bits per heavy atom. The second-order valence-electron chi connectivity index (χ2n) is 3.06. The van der Waals surface area contributed by atoms with Crippen molar-refractivity contribution in [3.05, 3.63) is 33.5 Å². The summed E-state index contributed by atoms with van der Waals surface area (Å²) in [4.78, 5) is 11.2. The lowest BCUT2D eigenvalue weighted by Gasteiger charge is -2.12. The van der Waals surface area contributed by atoms with E-state index in [1.54, 1.807) is 0 Å². The zero-order chi connectivity index (χ0) is 12.5. The van der Waals surface area contributed by atoms with Crippen LogP contribution in [-0.4, -0.2) is 5.78 Å². The highest BCUT2D eigenvalue weighted by atomic mass is 79.9. The van der Waals surface area contributed by atoms with Gasteiger partial charge in [-0.05, 0) is 12.1 Å². The van der Waals surface area contributed by atoms with Gasteiger partial charge in [0.1, 0.15) is 11.4 Å². The number of ketones is 1. The van der Waals surface area contributed by atoms with Gasteiger partial charge in [-0.15, -0.1) is 0 Å². The van der Waals surface area contributed by atoms with Gasteiger partial charge in [0.15, 0.2) is 5.78 Å². The molecule has 0 heterocycles. The molecule has 0 aliphatic rings. The number of rotatable bonds is 2. The Balaban J connectivity index is 3.45. The topological polar surface area (TPSA) is 17.1 Å². The summed E-state index contributed by atoms with van der Waals surface area (Å²) in [5, 5.41) is 0. The fourth-order valence-corrected chi connectivity index (χ4v) is 1.75. The quantitative estimate of drug-likeness (QED) is 0.591. The summed E-state index contributed by atoms with van der Waals surface area (Å²) in [5.41, 5.74) is -1.97. The van der Waals surface area contributed by atoms with E-state index in [-0.39, 0.29) is 6.42 Å². The van der Waals surface area contributed by atoms with Crippen LogP contribution in [0.1, 0.15) is 29.3 Å². The van der Waals surface area contributed by atoms with Crippen molar-refractivity contribution in [2.75, 3.05) is 0 Å². The Morgan fingerprint density at radius 2 is 1.94 bits per heavy atom. The molecule has 0 aromatic heterocycles. The Kier molecular flexibility index (Phi) is 3.72. The molecular formula is C10H7BrF4O. The molecule has 0 radical (unpaired) electrons. The van der Waals surface area contributed by atoms with Gasteiger partial charge in [0, 0.05) is 10.9 Å². The fraction of sp³-hybridized carbons (Fsp3) is 0.300. The van der Waals surface area contributed by atoms with E-state index in [1.165, 1.54) is 6.92 Å². The molecule has 0 saturated heterocycles. The molecule has 0 spiro atoms. The van der Waals surface area contributed by atoms with E-state index in [0.29, 0.717) is 0 Å². The third kappa shape index (κ3) is 2.42. The van der Waals surface area contributed by atoms with Gasteiger partial charge in [-0.2, -0.15) is 13.2 Å². The van der Waals surface area contributed by atoms with Crippen molar-refractivity contribution < 1.29 is 22.4 Å². The molecule has 0 saturated carbocycles. The van der Waals surface area contributed by atoms with Crippen molar-refractivity contribution >= 4 is 21.7 Å². The molecule has 0 bridgehead atoms. The number of hydrogen-bond donors (Lipinski definition) is 0. The van der Waals surface area contributed by atoms with E-state index in [1.807, 2.05) is 0 Å². The van der Waals surface area contributed by atoms with Crippen LogP contribution in [0.4, 0.5) is 17.6 Å². The van der Waals surface area contributed by atoms with Crippen molar-refractivity contribution in [2.45, 2.75) is 19.5 Å². The molecular weight excluding hydrogens is 292 g/mol. The zero-order valence-corrected chi connectivity index (χ0v) is 9.75. The predicted molar refractivity (Wildman–Crippen MR) is 53.7 cm³/mol. The van der Waals surface area contributed by atoms with E-state index in [9.17, 15) is 22.4 Å². The average Bonchev–Trinajstić information content (AvgIpc) is 2.14. The number of carbonyl (C=O) groups is 1. The maximum Gasteiger partial charge on any atom is 0.420 e. The van der Waals surface area contributed by atoms with Crippen LogP contribution in [0.2, 0.25) is 0 Å². The van der Waals surface area contributed by atoms with Gasteiger partial charge in [-0.25, -0.2) is 4.39 Å². The number of hydrogen-bond acceptors (Lipinski definition) is 1. The maximum absolute atomic E-state index is 13.5. The van der Waals surface area contributed by atoms with Crippen LogP contribution in [0.5, 0.6) is 0 Å². The summed E-state index contributed by atoms with van der Waals surface area (Å²) in [6.07, 6.45) is -4.87. The Hall–Kier alpha value is -0.910. The van der Waals surface area contributed by atoms with Crippen LogP contribution in [0.3, 0.4) is 0 Å². The van der Waals surface area contributed by atoms with Crippen LogP contribution in [0.15, 0.2) is 16.6 Å². The van der Waals surface area contributed by atoms with Gasteiger partial charge in [0.05, 0.1) is 5.56 Å². The first kappa shape index (κ1) is 13.2. The Bertz CT molecular complexity index is 426. The van der Waals surface area contributed by atoms with Crippen LogP contribution in [0.25, 0.3) is 0 Å². The van der Waals surface area contributed by atoms with E-state index in [2.05, 4.69) is 15.9 Å². The van der Waals surface area contributed by atoms with Crippen LogP contribution >= 0.6 is 15.9 Å². The lowest BCUT2D eigenvalue weighted by atomic mass is 10.0. The third-order valence-electron chi connectivity index (χ3n) is 2.00. The smallest absolute Gasteiger partial charge is 0.294 e. The number of Topliss-reactive ketones (excluding diaryl/α,β-unsaturated/α-hetero) is 1. The molecule has 0 aliphatic heterocycles. The molecule has 88 valence electrons. The summed E-state index contributed by atoms with van der Waals surface area (Å²) >= 11 is 2.62. The first-order valence-corrected chi connectivity index (χ1v) is 5.16. The van der Waals surface area contributed by atoms with E-state index < -0.39 is 33.4 Å². The molecule has 1 aromatic rings. The van der Waals surface area contributed by atoms with Gasteiger partial charge < -0.3 is 0 Å². The van der Waals surface area contributed by atoms with Crippen molar-refractivity contribution in [3.63, 3.8) is 0 Å². The molecule has 0 aliphatic carbocycles. The van der Waals surface area contributed by atoms with Gasteiger partial charge >= 0.3 is 6.18 Å². The lowest BCUT2D eigenvalue weighted by Crippen LogP contribution is -2.13. The van der Waals surface area contributed by atoms with E-state index in [0.717, 1.165) is 12.1 Å². The largest absolute Gasteiger partial charge is 0.420 e. The first-order valence-electron chi connectivity index (χ1n) is 4.37. The molecule has 6 heteroatoms. The van der Waals surface area contributed by atoms with Gasteiger partial charge in [-0.1, -0.05) is 22.9 Å². The summed E-state index contributed by atoms with van der Waals surface area (Å²) in [6.45, 7) is 1.46. The first-order chi connectivity index (χ1) is 7.29. The Labute approximate surface area is 97.6 Å². The van der Waals surface area contributed by atoms with E-state index in [4.69, 9.17) is 0 Å². The summed E-state index contributed by atoms with van der Waals surface area (Å²) in [7, 11) is 0. The molecule has 1 rings (SSSR count). The van der Waals surface area contributed by atoms with Crippen LogP contribution < -0.4 is 0 Å². The Morgan fingerprint density at radius 3 is 2.38 bits per heavy atom. The number of carbonyl (C=O) groups excluding carboxylic acids is 1. The maximum atomic E-state index is 13.5. The summed E-state index contributed by atoms with van der Waals surface area (Å²) in [6, 6.07) is 2.06. The van der Waals surface area contributed by atoms with Crippen molar-refractivity contribution in [2.24, 2.45) is 0 Å². The molecule has 0 atom stereocenters. The summed E-state index contributed by atoms with van der Waals surface area (Å²) < 4.78 is 50.5. The van der Waals surface area contributed by atoms with Gasteiger partial charge in [0.2, 0.25) is 0 Å². The molecule has 1 aromatic carbocycles. The predicted octanol–water partition coefficient (Wildman–Crippen LogP) is 4.20. The third-order valence-corrected chi connectivity index (χ3v) is 2.66. The highest BCUT2D eigenvalue weighted by molar-refractivity contribution is 9.10.